The molecule has 0 amide bonds. The molecule has 1 atom stereocenters. The second-order valence-corrected chi connectivity index (χ2v) is 5.54. The van der Waals surface area contributed by atoms with Gasteiger partial charge < -0.3 is 10.2 Å². The molecule has 0 fully saturated rings. The molecule has 0 saturated carbocycles. The average Bonchev–Trinajstić information content (AvgIpc) is 2.36. The number of nitrogens with one attached hydrogen (secondary N) is 1. The van der Waals surface area contributed by atoms with Crippen LogP contribution in [0.4, 0.5) is 5.82 Å². The lowest BCUT2D eigenvalue weighted by molar-refractivity contribution is 0.326. The zero-order valence-electron chi connectivity index (χ0n) is 10.9. The first kappa shape index (κ1) is 13.3. The first-order valence-corrected chi connectivity index (χ1v) is 6.82. The van der Waals surface area contributed by atoms with Gasteiger partial charge in [-0.15, -0.1) is 0 Å². The molecule has 2 aromatic rings. The molecule has 0 aliphatic rings. The van der Waals surface area contributed by atoms with E-state index in [1.54, 1.807) is 0 Å². The van der Waals surface area contributed by atoms with E-state index < -0.39 is 0 Å². The summed E-state index contributed by atoms with van der Waals surface area (Å²) in [6, 6.07) is 8.67. The number of benzene rings is 1. The molecule has 0 aliphatic carbocycles. The molecule has 0 aliphatic heterocycles. The summed E-state index contributed by atoms with van der Waals surface area (Å²) in [5, 5.41) is 5.76. The average molecular weight is 308 g/mol. The molecular formula is C14H18BrN3. The first-order chi connectivity index (χ1) is 8.59. The molecule has 96 valence electrons. The monoisotopic (exact) mass is 307 g/mol. The molecule has 1 heterocycles. The molecule has 0 saturated heterocycles. The predicted octanol–water partition coefficient (Wildman–Crippen LogP) is 3.36. The van der Waals surface area contributed by atoms with E-state index in [0.29, 0.717) is 6.04 Å². The van der Waals surface area contributed by atoms with Crippen LogP contribution in [0, 0.1) is 0 Å². The van der Waals surface area contributed by atoms with Crippen LogP contribution in [0.5, 0.6) is 0 Å². The van der Waals surface area contributed by atoms with Crippen LogP contribution in [-0.4, -0.2) is 36.6 Å². The summed E-state index contributed by atoms with van der Waals surface area (Å²) in [5.41, 5.74) is 0. The molecule has 3 nitrogen and oxygen atoms in total. The van der Waals surface area contributed by atoms with Crippen LogP contribution in [0.2, 0.25) is 0 Å². The normalized spacial score (nSPS) is 12.9. The molecule has 1 aromatic heterocycles. The van der Waals surface area contributed by atoms with E-state index in [2.05, 4.69) is 64.3 Å². The van der Waals surface area contributed by atoms with Crippen molar-refractivity contribution < 1.29 is 0 Å². The van der Waals surface area contributed by atoms with Crippen LogP contribution < -0.4 is 5.32 Å². The van der Waals surface area contributed by atoms with Gasteiger partial charge in [-0.3, -0.25) is 0 Å². The van der Waals surface area contributed by atoms with Gasteiger partial charge in [0.2, 0.25) is 0 Å². The van der Waals surface area contributed by atoms with Crippen molar-refractivity contribution in [3.8, 4) is 0 Å². The van der Waals surface area contributed by atoms with Crippen LogP contribution in [-0.2, 0) is 0 Å². The summed E-state index contributed by atoms with van der Waals surface area (Å²) < 4.78 is 1.10. The molecule has 0 bridgehead atoms. The highest BCUT2D eigenvalue weighted by Gasteiger charge is 2.07. The van der Waals surface area contributed by atoms with Crippen molar-refractivity contribution >= 4 is 32.5 Å². The van der Waals surface area contributed by atoms with Gasteiger partial charge in [0.05, 0.1) is 0 Å². The van der Waals surface area contributed by atoms with Gasteiger partial charge in [0.1, 0.15) is 5.82 Å². The predicted molar refractivity (Wildman–Crippen MR) is 81.1 cm³/mol. The maximum absolute atomic E-state index is 4.43. The third-order valence-corrected chi connectivity index (χ3v) is 3.89. The number of pyridine rings is 1. The van der Waals surface area contributed by atoms with Crippen molar-refractivity contribution in [1.29, 1.82) is 0 Å². The first-order valence-electron chi connectivity index (χ1n) is 6.03. The molecule has 2 rings (SSSR count). The molecular weight excluding hydrogens is 290 g/mol. The Bertz CT molecular complexity index is 540. The Morgan fingerprint density at radius 1 is 1.28 bits per heavy atom. The number of aromatic nitrogens is 1. The van der Waals surface area contributed by atoms with Crippen molar-refractivity contribution in [2.75, 3.05) is 26.0 Å². The van der Waals surface area contributed by atoms with Crippen LogP contribution in [0.15, 0.2) is 34.9 Å². The van der Waals surface area contributed by atoms with Gasteiger partial charge in [-0.25, -0.2) is 4.98 Å². The van der Waals surface area contributed by atoms with Crippen LogP contribution >= 0.6 is 15.9 Å². The third kappa shape index (κ3) is 2.82. The zero-order chi connectivity index (χ0) is 13.1. The van der Waals surface area contributed by atoms with Crippen molar-refractivity contribution in [3.05, 3.63) is 34.9 Å². The van der Waals surface area contributed by atoms with Gasteiger partial charge in [0, 0.05) is 34.0 Å². The summed E-state index contributed by atoms with van der Waals surface area (Å²) in [7, 11) is 4.17. The fourth-order valence-corrected chi connectivity index (χ4v) is 2.23. The Hall–Kier alpha value is -1.13. The summed E-state index contributed by atoms with van der Waals surface area (Å²) in [6.07, 6.45) is 1.84. The topological polar surface area (TPSA) is 28.2 Å². The standard InChI is InChI=1S/C14H18BrN3/c1-10(18(2)3)9-17-14-12-5-4-6-13(15)11(12)7-8-16-14/h4-8,10H,9H2,1-3H3,(H,16,17). The van der Waals surface area contributed by atoms with E-state index in [9.17, 15) is 0 Å². The lowest BCUT2D eigenvalue weighted by Crippen LogP contribution is -2.31. The number of anilines is 1. The number of fused-ring (bicyclic) bond motifs is 1. The van der Waals surface area contributed by atoms with Gasteiger partial charge in [-0.1, -0.05) is 28.1 Å². The van der Waals surface area contributed by atoms with E-state index in [4.69, 9.17) is 0 Å². The summed E-state index contributed by atoms with van der Waals surface area (Å²) in [5.74, 6) is 0.947. The summed E-state index contributed by atoms with van der Waals surface area (Å²) in [6.45, 7) is 3.07. The molecule has 4 heteroatoms. The number of hydrogen-bond donors (Lipinski definition) is 1. The SMILES string of the molecule is CC(CNc1nccc2c(Br)cccc12)N(C)C. The maximum Gasteiger partial charge on any atom is 0.133 e. The fourth-order valence-electron chi connectivity index (χ4n) is 1.74. The van der Waals surface area contributed by atoms with E-state index in [-0.39, 0.29) is 0 Å². The molecule has 0 radical (unpaired) electrons. The van der Waals surface area contributed by atoms with E-state index >= 15 is 0 Å². The number of likely N-dealkylation sites (N-methyl/N-ethyl adjacent to an activating group) is 1. The van der Waals surface area contributed by atoms with Crippen LogP contribution in [0.1, 0.15) is 6.92 Å². The Kier molecular flexibility index (Phi) is 4.19. The molecule has 18 heavy (non-hydrogen) atoms. The number of rotatable bonds is 4. The van der Waals surface area contributed by atoms with Crippen molar-refractivity contribution in [3.63, 3.8) is 0 Å². The Labute approximate surface area is 116 Å². The highest BCUT2D eigenvalue weighted by Crippen LogP contribution is 2.27. The molecule has 0 spiro atoms. The minimum Gasteiger partial charge on any atom is -0.368 e. The quantitative estimate of drug-likeness (QED) is 0.939. The summed E-state index contributed by atoms with van der Waals surface area (Å²) >= 11 is 3.57. The van der Waals surface area contributed by atoms with E-state index in [0.717, 1.165) is 22.2 Å². The minimum absolute atomic E-state index is 0.467. The molecule has 1 aromatic carbocycles. The number of nitrogens with zero attached hydrogens (tertiary/aromatic N) is 2. The third-order valence-electron chi connectivity index (χ3n) is 3.20. The van der Waals surface area contributed by atoms with Gasteiger partial charge in [0.25, 0.3) is 0 Å². The smallest absolute Gasteiger partial charge is 0.133 e. The zero-order valence-corrected chi connectivity index (χ0v) is 12.5. The fraction of sp³-hybridized carbons (Fsp3) is 0.357. The van der Waals surface area contributed by atoms with Crippen LogP contribution in [0.3, 0.4) is 0 Å². The van der Waals surface area contributed by atoms with E-state index in [1.807, 2.05) is 18.3 Å². The lowest BCUT2D eigenvalue weighted by atomic mass is 10.1. The van der Waals surface area contributed by atoms with Gasteiger partial charge in [-0.2, -0.15) is 0 Å². The number of halogens is 1. The molecule has 1 unspecified atom stereocenters. The van der Waals surface area contributed by atoms with Gasteiger partial charge >= 0.3 is 0 Å². The van der Waals surface area contributed by atoms with Gasteiger partial charge in [0.15, 0.2) is 0 Å². The maximum atomic E-state index is 4.43. The van der Waals surface area contributed by atoms with Crippen molar-refractivity contribution in [2.24, 2.45) is 0 Å². The second kappa shape index (κ2) is 5.67. The highest BCUT2D eigenvalue weighted by molar-refractivity contribution is 9.10. The minimum atomic E-state index is 0.467. The van der Waals surface area contributed by atoms with Crippen molar-refractivity contribution in [1.82, 2.24) is 9.88 Å². The lowest BCUT2D eigenvalue weighted by Gasteiger charge is -2.20. The van der Waals surface area contributed by atoms with Crippen molar-refractivity contribution in [2.45, 2.75) is 13.0 Å². The van der Waals surface area contributed by atoms with E-state index in [1.165, 1.54) is 5.39 Å². The Balaban J connectivity index is 2.26. The Morgan fingerprint density at radius 2 is 2.06 bits per heavy atom. The molecule has 1 N–H and O–H groups in total. The number of hydrogen-bond acceptors (Lipinski definition) is 3. The largest absolute Gasteiger partial charge is 0.368 e. The van der Waals surface area contributed by atoms with Crippen LogP contribution in [0.25, 0.3) is 10.8 Å². The second-order valence-electron chi connectivity index (χ2n) is 4.69. The van der Waals surface area contributed by atoms with Gasteiger partial charge in [-0.05, 0) is 33.2 Å². The Morgan fingerprint density at radius 3 is 2.78 bits per heavy atom. The highest BCUT2D eigenvalue weighted by atomic mass is 79.9. The summed E-state index contributed by atoms with van der Waals surface area (Å²) in [4.78, 5) is 6.62.